The SMILES string of the molecule is O=C(NCCc1ncc[nH]1)c1cc(Cl)ccc1Cl. The molecule has 0 saturated heterocycles. The molecule has 2 aromatic rings. The van der Waals surface area contributed by atoms with Crippen LogP contribution in [0.15, 0.2) is 30.6 Å². The maximum Gasteiger partial charge on any atom is 0.252 e. The average molecular weight is 284 g/mol. The minimum Gasteiger partial charge on any atom is -0.352 e. The lowest BCUT2D eigenvalue weighted by Crippen LogP contribution is -2.26. The molecule has 1 amide bonds. The van der Waals surface area contributed by atoms with Crippen molar-refractivity contribution in [3.63, 3.8) is 0 Å². The fourth-order valence-electron chi connectivity index (χ4n) is 1.50. The fraction of sp³-hybridized carbons (Fsp3) is 0.167. The summed E-state index contributed by atoms with van der Waals surface area (Å²) in [6.45, 7) is 0.481. The fourth-order valence-corrected chi connectivity index (χ4v) is 1.87. The molecule has 18 heavy (non-hydrogen) atoms. The summed E-state index contributed by atoms with van der Waals surface area (Å²) in [5, 5.41) is 3.63. The van der Waals surface area contributed by atoms with Gasteiger partial charge in [0.05, 0.1) is 10.6 Å². The van der Waals surface area contributed by atoms with E-state index in [0.717, 1.165) is 5.82 Å². The molecule has 1 aromatic heterocycles. The van der Waals surface area contributed by atoms with Gasteiger partial charge in [-0.3, -0.25) is 4.79 Å². The number of nitrogens with zero attached hydrogens (tertiary/aromatic N) is 1. The number of carbonyl (C=O) groups is 1. The first-order valence-corrected chi connectivity index (χ1v) is 6.14. The third kappa shape index (κ3) is 3.24. The Balaban J connectivity index is 1.93. The molecule has 0 saturated carbocycles. The molecule has 0 fully saturated rings. The highest BCUT2D eigenvalue weighted by molar-refractivity contribution is 6.35. The highest BCUT2D eigenvalue weighted by Crippen LogP contribution is 2.20. The van der Waals surface area contributed by atoms with Crippen LogP contribution in [-0.2, 0) is 6.42 Å². The number of aromatic amines is 1. The Kier molecular flexibility index (Phi) is 4.23. The summed E-state index contributed by atoms with van der Waals surface area (Å²) >= 11 is 11.8. The van der Waals surface area contributed by atoms with Crippen LogP contribution >= 0.6 is 23.2 Å². The van der Waals surface area contributed by atoms with Crippen molar-refractivity contribution in [3.05, 3.63) is 52.0 Å². The number of aromatic nitrogens is 2. The van der Waals surface area contributed by atoms with E-state index in [-0.39, 0.29) is 5.91 Å². The van der Waals surface area contributed by atoms with Gasteiger partial charge in [0, 0.05) is 30.4 Å². The van der Waals surface area contributed by atoms with Gasteiger partial charge in [-0.15, -0.1) is 0 Å². The van der Waals surface area contributed by atoms with Crippen molar-refractivity contribution in [3.8, 4) is 0 Å². The molecule has 6 heteroatoms. The summed E-state index contributed by atoms with van der Waals surface area (Å²) in [5.74, 6) is 0.585. The molecule has 2 N–H and O–H groups in total. The highest BCUT2D eigenvalue weighted by atomic mass is 35.5. The van der Waals surface area contributed by atoms with Gasteiger partial charge in [-0.1, -0.05) is 23.2 Å². The number of rotatable bonds is 4. The van der Waals surface area contributed by atoms with Gasteiger partial charge >= 0.3 is 0 Å². The second-order valence-electron chi connectivity index (χ2n) is 3.67. The molecule has 0 aliphatic heterocycles. The number of hydrogen-bond acceptors (Lipinski definition) is 2. The van der Waals surface area contributed by atoms with Crippen LogP contribution in [0.25, 0.3) is 0 Å². The van der Waals surface area contributed by atoms with E-state index >= 15 is 0 Å². The van der Waals surface area contributed by atoms with Crippen molar-refractivity contribution in [1.82, 2.24) is 15.3 Å². The zero-order valence-corrected chi connectivity index (χ0v) is 10.9. The molecule has 2 rings (SSSR count). The molecule has 4 nitrogen and oxygen atoms in total. The molecule has 1 aromatic carbocycles. The van der Waals surface area contributed by atoms with E-state index in [0.29, 0.717) is 28.6 Å². The molecule has 0 bridgehead atoms. The monoisotopic (exact) mass is 283 g/mol. The summed E-state index contributed by atoms with van der Waals surface area (Å²) in [6, 6.07) is 4.79. The van der Waals surface area contributed by atoms with E-state index in [1.54, 1.807) is 30.6 Å². The number of hydrogen-bond donors (Lipinski definition) is 2. The molecule has 0 atom stereocenters. The quantitative estimate of drug-likeness (QED) is 0.906. The topological polar surface area (TPSA) is 57.8 Å². The number of imidazole rings is 1. The lowest BCUT2D eigenvalue weighted by Gasteiger charge is -2.06. The van der Waals surface area contributed by atoms with E-state index in [1.165, 1.54) is 0 Å². The summed E-state index contributed by atoms with van der Waals surface area (Å²) < 4.78 is 0. The first-order valence-electron chi connectivity index (χ1n) is 5.38. The highest BCUT2D eigenvalue weighted by Gasteiger charge is 2.10. The Labute approximate surface area is 114 Å². The Morgan fingerprint density at radius 2 is 2.22 bits per heavy atom. The molecule has 94 valence electrons. The second-order valence-corrected chi connectivity index (χ2v) is 4.51. The molecule has 0 aliphatic carbocycles. The van der Waals surface area contributed by atoms with Crippen LogP contribution in [0.4, 0.5) is 0 Å². The summed E-state index contributed by atoms with van der Waals surface area (Å²) in [6.07, 6.45) is 4.05. The Bertz CT molecular complexity index is 540. The van der Waals surface area contributed by atoms with Crippen molar-refractivity contribution in [2.45, 2.75) is 6.42 Å². The van der Waals surface area contributed by atoms with Crippen LogP contribution in [0.3, 0.4) is 0 Å². The van der Waals surface area contributed by atoms with Gasteiger partial charge in [-0.2, -0.15) is 0 Å². The van der Waals surface area contributed by atoms with Crippen molar-refractivity contribution in [2.24, 2.45) is 0 Å². The van der Waals surface area contributed by atoms with Crippen LogP contribution < -0.4 is 5.32 Å². The molecular formula is C12H11Cl2N3O. The van der Waals surface area contributed by atoms with Crippen LogP contribution in [0.1, 0.15) is 16.2 Å². The molecule has 0 radical (unpaired) electrons. The summed E-state index contributed by atoms with van der Waals surface area (Å²) in [4.78, 5) is 18.9. The van der Waals surface area contributed by atoms with Crippen molar-refractivity contribution in [1.29, 1.82) is 0 Å². The Morgan fingerprint density at radius 1 is 1.39 bits per heavy atom. The Morgan fingerprint density at radius 3 is 2.94 bits per heavy atom. The van der Waals surface area contributed by atoms with Gasteiger partial charge in [0.1, 0.15) is 5.82 Å². The number of carbonyl (C=O) groups excluding carboxylic acids is 1. The number of amides is 1. The van der Waals surface area contributed by atoms with E-state index in [1.807, 2.05) is 0 Å². The molecule has 0 unspecified atom stereocenters. The van der Waals surface area contributed by atoms with Gasteiger partial charge < -0.3 is 10.3 Å². The summed E-state index contributed by atoms with van der Waals surface area (Å²) in [5.41, 5.74) is 0.378. The largest absolute Gasteiger partial charge is 0.352 e. The van der Waals surface area contributed by atoms with Crippen LogP contribution in [-0.4, -0.2) is 22.4 Å². The van der Waals surface area contributed by atoms with Crippen LogP contribution in [0.5, 0.6) is 0 Å². The van der Waals surface area contributed by atoms with Crippen LogP contribution in [0.2, 0.25) is 10.0 Å². The van der Waals surface area contributed by atoms with Gasteiger partial charge in [-0.25, -0.2) is 4.98 Å². The van der Waals surface area contributed by atoms with Gasteiger partial charge in [-0.05, 0) is 18.2 Å². The maximum absolute atomic E-state index is 11.9. The van der Waals surface area contributed by atoms with Crippen LogP contribution in [0, 0.1) is 0 Å². The molecule has 0 aliphatic rings. The number of halogens is 2. The third-order valence-corrected chi connectivity index (χ3v) is 2.94. The molecular weight excluding hydrogens is 273 g/mol. The van der Waals surface area contributed by atoms with Gasteiger partial charge in [0.15, 0.2) is 0 Å². The van der Waals surface area contributed by atoms with Crippen molar-refractivity contribution >= 4 is 29.1 Å². The number of benzene rings is 1. The maximum atomic E-state index is 11.9. The smallest absolute Gasteiger partial charge is 0.252 e. The van der Waals surface area contributed by atoms with E-state index < -0.39 is 0 Å². The summed E-state index contributed by atoms with van der Waals surface area (Å²) in [7, 11) is 0. The molecule has 0 spiro atoms. The minimum absolute atomic E-state index is 0.242. The Hall–Kier alpha value is -1.52. The zero-order chi connectivity index (χ0) is 13.0. The predicted octanol–water partition coefficient (Wildman–Crippen LogP) is 2.69. The van der Waals surface area contributed by atoms with Gasteiger partial charge in [0.2, 0.25) is 0 Å². The van der Waals surface area contributed by atoms with Crippen molar-refractivity contribution in [2.75, 3.05) is 6.54 Å². The van der Waals surface area contributed by atoms with E-state index in [4.69, 9.17) is 23.2 Å². The second kappa shape index (κ2) is 5.89. The van der Waals surface area contributed by atoms with Gasteiger partial charge in [0.25, 0.3) is 5.91 Å². The predicted molar refractivity (Wildman–Crippen MR) is 71.1 cm³/mol. The minimum atomic E-state index is -0.242. The van der Waals surface area contributed by atoms with Crippen molar-refractivity contribution < 1.29 is 4.79 Å². The number of H-pyrrole nitrogens is 1. The standard InChI is InChI=1S/C12H11Cl2N3O/c13-8-1-2-10(14)9(7-8)12(18)17-4-3-11-15-5-6-16-11/h1-2,5-7H,3-4H2,(H,15,16)(H,17,18). The third-order valence-electron chi connectivity index (χ3n) is 2.38. The van der Waals surface area contributed by atoms with E-state index in [2.05, 4.69) is 15.3 Å². The lowest BCUT2D eigenvalue weighted by atomic mass is 10.2. The van der Waals surface area contributed by atoms with E-state index in [9.17, 15) is 4.79 Å². The lowest BCUT2D eigenvalue weighted by molar-refractivity contribution is 0.0954. The average Bonchev–Trinajstić information content (AvgIpc) is 2.85. The first-order chi connectivity index (χ1) is 8.66. The zero-order valence-electron chi connectivity index (χ0n) is 9.41. The first kappa shape index (κ1) is 12.9. The normalized spacial score (nSPS) is 10.3. The molecule has 1 heterocycles. The number of nitrogens with one attached hydrogen (secondary N) is 2.